The summed E-state index contributed by atoms with van der Waals surface area (Å²) in [6.45, 7) is 7.15. The molecule has 1 amide bonds. The summed E-state index contributed by atoms with van der Waals surface area (Å²) in [6, 6.07) is 0. The Bertz CT molecular complexity index is 966. The van der Waals surface area contributed by atoms with Crippen molar-refractivity contribution < 1.29 is 24.2 Å². The topological polar surface area (TPSA) is 128 Å². The molecule has 0 aromatic carbocycles. The molecule has 0 saturated heterocycles. The Labute approximate surface area is 181 Å². The molecule has 2 aromatic rings. The Morgan fingerprint density at radius 3 is 2.65 bits per heavy atom. The van der Waals surface area contributed by atoms with Gasteiger partial charge in [0.25, 0.3) is 0 Å². The lowest BCUT2D eigenvalue weighted by atomic mass is 9.87. The normalized spacial score (nSPS) is 19.0. The summed E-state index contributed by atoms with van der Waals surface area (Å²) < 4.78 is 12.8. The third kappa shape index (κ3) is 5.71. The predicted molar refractivity (Wildman–Crippen MR) is 113 cm³/mol. The van der Waals surface area contributed by atoms with E-state index in [0.717, 1.165) is 12.8 Å². The molecule has 168 valence electrons. The molecule has 3 rings (SSSR count). The number of ether oxygens (including phenoxy) is 2. The summed E-state index contributed by atoms with van der Waals surface area (Å²) in [4.78, 5) is 32.4. The van der Waals surface area contributed by atoms with Crippen molar-refractivity contribution in [3.05, 3.63) is 18.1 Å². The fraction of sp³-hybridized carbons (Fsp3) is 0.571. The molecule has 0 bridgehead atoms. The minimum absolute atomic E-state index is 0.175. The summed E-state index contributed by atoms with van der Waals surface area (Å²) in [5, 5.41) is 16.2. The first-order valence-electron chi connectivity index (χ1n) is 10.3. The number of carbonyl (C=O) groups excluding carboxylic acids is 1. The number of hydrogen-bond acceptors (Lipinski definition) is 7. The number of amides is 1. The van der Waals surface area contributed by atoms with Crippen molar-refractivity contribution in [3.63, 3.8) is 0 Å². The highest BCUT2D eigenvalue weighted by molar-refractivity contribution is 5.88. The first kappa shape index (κ1) is 22.5. The fourth-order valence-electron chi connectivity index (χ4n) is 3.51. The molecule has 1 aliphatic rings. The van der Waals surface area contributed by atoms with Crippen LogP contribution in [0.25, 0.3) is 11.4 Å². The molecule has 0 spiro atoms. The monoisotopic (exact) mass is 431 g/mol. The summed E-state index contributed by atoms with van der Waals surface area (Å²) in [5.74, 6) is 0.162. The number of nitrogens with zero attached hydrogens (tertiary/aromatic N) is 4. The molecule has 2 N–H and O–H groups in total. The number of anilines is 1. The molecular weight excluding hydrogens is 402 g/mol. The Balaban J connectivity index is 1.76. The van der Waals surface area contributed by atoms with Gasteiger partial charge in [-0.15, -0.1) is 0 Å². The average molecular weight is 431 g/mol. The van der Waals surface area contributed by atoms with Crippen LogP contribution in [0.15, 0.2) is 12.4 Å². The van der Waals surface area contributed by atoms with Crippen LogP contribution >= 0.6 is 0 Å². The molecule has 10 heteroatoms. The lowest BCUT2D eigenvalue weighted by Crippen LogP contribution is -2.29. The first-order valence-corrected chi connectivity index (χ1v) is 10.3. The van der Waals surface area contributed by atoms with E-state index < -0.39 is 17.7 Å². The maximum absolute atomic E-state index is 12.2. The van der Waals surface area contributed by atoms with Crippen LogP contribution in [-0.4, -0.2) is 48.6 Å². The SMILES string of the molecule is Cc1nc(-c2cnn(C)c2NC(=O)OC(C)(C)C)ncc1OC1CCCC(C(=O)O)C1. The smallest absolute Gasteiger partial charge is 0.413 e. The molecule has 2 aromatic heterocycles. The van der Waals surface area contributed by atoms with Crippen molar-refractivity contribution in [1.82, 2.24) is 19.7 Å². The van der Waals surface area contributed by atoms with Gasteiger partial charge in [0.05, 0.1) is 35.7 Å². The summed E-state index contributed by atoms with van der Waals surface area (Å²) in [6.07, 6.45) is 5.14. The fourth-order valence-corrected chi connectivity index (χ4v) is 3.51. The van der Waals surface area contributed by atoms with E-state index in [1.807, 2.05) is 0 Å². The van der Waals surface area contributed by atoms with Crippen LogP contribution in [0.1, 0.15) is 52.1 Å². The van der Waals surface area contributed by atoms with E-state index in [9.17, 15) is 14.7 Å². The molecule has 1 saturated carbocycles. The second-order valence-corrected chi connectivity index (χ2v) is 8.74. The third-order valence-electron chi connectivity index (χ3n) is 5.00. The number of aliphatic carboxylic acids is 1. The molecule has 1 aliphatic carbocycles. The van der Waals surface area contributed by atoms with Crippen molar-refractivity contribution in [2.45, 2.75) is 65.1 Å². The van der Waals surface area contributed by atoms with Gasteiger partial charge in [-0.25, -0.2) is 14.8 Å². The number of aromatic nitrogens is 4. The Kier molecular flexibility index (Phi) is 6.47. The third-order valence-corrected chi connectivity index (χ3v) is 5.00. The molecule has 10 nitrogen and oxygen atoms in total. The van der Waals surface area contributed by atoms with Gasteiger partial charge in [0, 0.05) is 7.05 Å². The van der Waals surface area contributed by atoms with Crippen LogP contribution in [0.4, 0.5) is 10.6 Å². The Morgan fingerprint density at radius 1 is 1.26 bits per heavy atom. The van der Waals surface area contributed by atoms with Gasteiger partial charge in [0.1, 0.15) is 11.4 Å². The van der Waals surface area contributed by atoms with E-state index in [0.29, 0.717) is 41.5 Å². The van der Waals surface area contributed by atoms with Crippen LogP contribution < -0.4 is 10.1 Å². The highest BCUT2D eigenvalue weighted by atomic mass is 16.6. The zero-order valence-corrected chi connectivity index (χ0v) is 18.5. The van der Waals surface area contributed by atoms with Crippen molar-refractivity contribution in [3.8, 4) is 17.1 Å². The van der Waals surface area contributed by atoms with Crippen molar-refractivity contribution >= 4 is 17.9 Å². The summed E-state index contributed by atoms with van der Waals surface area (Å²) >= 11 is 0. The van der Waals surface area contributed by atoms with Crippen LogP contribution in [0.5, 0.6) is 5.75 Å². The predicted octanol–water partition coefficient (Wildman–Crippen LogP) is 3.55. The van der Waals surface area contributed by atoms with E-state index in [1.165, 1.54) is 4.68 Å². The van der Waals surface area contributed by atoms with E-state index in [1.54, 1.807) is 47.1 Å². The number of rotatable bonds is 5. The second-order valence-electron chi connectivity index (χ2n) is 8.74. The van der Waals surface area contributed by atoms with Crippen molar-refractivity contribution in [1.29, 1.82) is 0 Å². The van der Waals surface area contributed by atoms with Gasteiger partial charge in [-0.05, 0) is 53.4 Å². The maximum atomic E-state index is 12.2. The number of aryl methyl sites for hydroxylation is 2. The molecular formula is C21H29N5O5. The zero-order chi connectivity index (χ0) is 22.8. The second kappa shape index (κ2) is 8.91. The summed E-state index contributed by atoms with van der Waals surface area (Å²) in [5.41, 5.74) is 0.536. The van der Waals surface area contributed by atoms with Gasteiger partial charge in [-0.2, -0.15) is 5.10 Å². The molecule has 2 heterocycles. The molecule has 1 fully saturated rings. The molecule has 0 radical (unpaired) electrons. The highest BCUT2D eigenvalue weighted by Gasteiger charge is 2.29. The first-order chi connectivity index (χ1) is 14.5. The van der Waals surface area contributed by atoms with Crippen molar-refractivity contribution in [2.24, 2.45) is 13.0 Å². The maximum Gasteiger partial charge on any atom is 0.413 e. The largest absolute Gasteiger partial charge is 0.487 e. The van der Waals surface area contributed by atoms with Gasteiger partial charge in [0.2, 0.25) is 0 Å². The number of carboxylic acids is 1. The van der Waals surface area contributed by atoms with Crippen LogP contribution in [0.2, 0.25) is 0 Å². The van der Waals surface area contributed by atoms with E-state index in [2.05, 4.69) is 20.4 Å². The minimum Gasteiger partial charge on any atom is -0.487 e. The van der Waals surface area contributed by atoms with Gasteiger partial charge < -0.3 is 14.6 Å². The number of nitrogens with one attached hydrogen (secondary N) is 1. The van der Waals surface area contributed by atoms with E-state index in [4.69, 9.17) is 9.47 Å². The Morgan fingerprint density at radius 2 is 2.00 bits per heavy atom. The highest BCUT2D eigenvalue weighted by Crippen LogP contribution is 2.31. The summed E-state index contributed by atoms with van der Waals surface area (Å²) in [7, 11) is 1.70. The Hall–Kier alpha value is -3.17. The van der Waals surface area contributed by atoms with Crippen LogP contribution in [0, 0.1) is 12.8 Å². The zero-order valence-electron chi connectivity index (χ0n) is 18.5. The van der Waals surface area contributed by atoms with Crippen LogP contribution in [0.3, 0.4) is 0 Å². The van der Waals surface area contributed by atoms with Gasteiger partial charge in [-0.1, -0.05) is 0 Å². The number of hydrogen-bond donors (Lipinski definition) is 2. The minimum atomic E-state index is -0.779. The van der Waals surface area contributed by atoms with Gasteiger partial charge >= 0.3 is 12.1 Å². The quantitative estimate of drug-likeness (QED) is 0.735. The molecule has 2 unspecified atom stereocenters. The lowest BCUT2D eigenvalue weighted by molar-refractivity contribution is -0.143. The average Bonchev–Trinajstić information content (AvgIpc) is 3.02. The van der Waals surface area contributed by atoms with Crippen molar-refractivity contribution in [2.75, 3.05) is 5.32 Å². The van der Waals surface area contributed by atoms with E-state index >= 15 is 0 Å². The van der Waals surface area contributed by atoms with Crippen LogP contribution in [-0.2, 0) is 16.6 Å². The number of carboxylic acid groups (broad SMARTS) is 1. The number of carbonyl (C=O) groups is 2. The van der Waals surface area contributed by atoms with Gasteiger partial charge in [-0.3, -0.25) is 14.8 Å². The standard InChI is InChI=1S/C21H29N5O5/c1-12-16(30-14-8-6-7-13(9-14)19(27)28)11-22-17(24-12)15-10-23-26(5)18(15)25-20(29)31-21(2,3)4/h10-11,13-14H,6-9H2,1-5H3,(H,25,29)(H,27,28). The van der Waals surface area contributed by atoms with E-state index in [-0.39, 0.29) is 12.0 Å². The lowest BCUT2D eigenvalue weighted by Gasteiger charge is -2.27. The molecule has 31 heavy (non-hydrogen) atoms. The molecule has 0 aliphatic heterocycles. The molecule has 2 atom stereocenters. The van der Waals surface area contributed by atoms with Gasteiger partial charge in [0.15, 0.2) is 11.6 Å².